The first-order valence-electron chi connectivity index (χ1n) is 10.8. The fourth-order valence-electron chi connectivity index (χ4n) is 3.98. The van der Waals surface area contributed by atoms with Crippen LogP contribution in [0.3, 0.4) is 0 Å². The van der Waals surface area contributed by atoms with E-state index in [-0.39, 0.29) is 29.6 Å². The highest BCUT2D eigenvalue weighted by Gasteiger charge is 2.34. The summed E-state index contributed by atoms with van der Waals surface area (Å²) in [6.45, 7) is 3.94. The van der Waals surface area contributed by atoms with Gasteiger partial charge in [-0.2, -0.15) is 4.68 Å². The van der Waals surface area contributed by atoms with Crippen LogP contribution >= 0.6 is 11.6 Å². The molecule has 0 unspecified atom stereocenters. The molecular weight excluding hydrogens is 446 g/mol. The molecule has 1 aromatic carbocycles. The summed E-state index contributed by atoms with van der Waals surface area (Å²) in [5.74, 6) is -0.101. The summed E-state index contributed by atoms with van der Waals surface area (Å²) >= 11 is 5.94. The van der Waals surface area contributed by atoms with Crippen LogP contribution in [0.15, 0.2) is 61.5 Å². The fraction of sp³-hybridized carbons (Fsp3) is 0.348. The normalized spacial score (nSPS) is 17.3. The summed E-state index contributed by atoms with van der Waals surface area (Å²) in [5.41, 5.74) is 1.06. The van der Waals surface area contributed by atoms with Crippen molar-refractivity contribution in [3.8, 4) is 0 Å². The molecule has 5 rings (SSSR count). The monoisotopic (exact) mass is 469 g/mol. The lowest BCUT2D eigenvalue weighted by Crippen LogP contribution is -2.32. The second kappa shape index (κ2) is 9.19. The van der Waals surface area contributed by atoms with Crippen molar-refractivity contribution in [1.82, 2.24) is 23.9 Å². The Hall–Kier alpha value is -3.46. The van der Waals surface area contributed by atoms with Crippen molar-refractivity contribution in [3.05, 3.63) is 90.5 Å². The third kappa shape index (κ3) is 4.28. The van der Waals surface area contributed by atoms with Gasteiger partial charge in [0.2, 0.25) is 5.89 Å². The number of nitrogens with zero attached hydrogens (tertiary/aromatic N) is 5. The van der Waals surface area contributed by atoms with E-state index in [0.717, 1.165) is 12.8 Å². The Morgan fingerprint density at radius 2 is 1.76 bits per heavy atom. The number of benzene rings is 1. The van der Waals surface area contributed by atoms with Crippen LogP contribution in [0.25, 0.3) is 11.0 Å². The van der Waals surface area contributed by atoms with E-state index < -0.39 is 11.3 Å². The van der Waals surface area contributed by atoms with Gasteiger partial charge in [-0.1, -0.05) is 37.6 Å². The van der Waals surface area contributed by atoms with Crippen molar-refractivity contribution >= 4 is 22.6 Å². The maximum Gasteiger partial charge on any atom is 0.437 e. The number of hydrogen-bond donors (Lipinski definition) is 0. The summed E-state index contributed by atoms with van der Waals surface area (Å²) < 4.78 is 9.14. The number of hydrogen-bond acceptors (Lipinski definition) is 6. The molecule has 1 aliphatic carbocycles. The van der Waals surface area contributed by atoms with Gasteiger partial charge in [-0.15, -0.1) is 5.10 Å². The molecule has 0 radical (unpaired) electrons. The maximum atomic E-state index is 12.8. The van der Waals surface area contributed by atoms with Crippen molar-refractivity contribution in [2.45, 2.75) is 45.2 Å². The lowest BCUT2D eigenvalue weighted by molar-refractivity contribution is 0.233. The summed E-state index contributed by atoms with van der Waals surface area (Å²) in [6.07, 6.45) is 2.90. The van der Waals surface area contributed by atoms with Crippen LogP contribution in [-0.4, -0.2) is 23.9 Å². The molecule has 33 heavy (non-hydrogen) atoms. The fourth-order valence-corrected chi connectivity index (χ4v) is 4.10. The minimum atomic E-state index is -0.552. The molecule has 3 aromatic heterocycles. The zero-order chi connectivity index (χ0) is 23.7. The van der Waals surface area contributed by atoms with E-state index in [4.69, 9.17) is 16.0 Å². The first-order chi connectivity index (χ1) is 15.9. The zero-order valence-corrected chi connectivity index (χ0v) is 19.3. The zero-order valence-electron chi connectivity index (χ0n) is 18.6. The molecular formula is C23H24ClN5O4. The second-order valence-corrected chi connectivity index (χ2v) is 8.16. The predicted molar refractivity (Wildman–Crippen MR) is 125 cm³/mol. The van der Waals surface area contributed by atoms with Crippen molar-refractivity contribution in [2.24, 2.45) is 7.05 Å². The molecule has 0 aliphatic heterocycles. The highest BCUT2D eigenvalue weighted by molar-refractivity contribution is 6.30. The maximum absolute atomic E-state index is 12.8. The third-order valence-corrected chi connectivity index (χ3v) is 6.06. The lowest BCUT2D eigenvalue weighted by atomic mass is 9.76. The van der Waals surface area contributed by atoms with E-state index in [0.29, 0.717) is 16.5 Å². The Labute approximate surface area is 193 Å². The first-order valence-corrected chi connectivity index (χ1v) is 11.2. The molecule has 4 aromatic rings. The Bertz CT molecular complexity index is 1460. The van der Waals surface area contributed by atoms with Gasteiger partial charge in [-0.05, 0) is 42.5 Å². The molecule has 0 spiro atoms. The van der Waals surface area contributed by atoms with Crippen molar-refractivity contribution in [3.63, 3.8) is 0 Å². The summed E-state index contributed by atoms with van der Waals surface area (Å²) in [7, 11) is 1.51. The van der Waals surface area contributed by atoms with Crippen LogP contribution < -0.4 is 16.9 Å². The average molecular weight is 470 g/mol. The average Bonchev–Trinajstić information content (AvgIpc) is 3.14. The van der Waals surface area contributed by atoms with E-state index in [2.05, 4.69) is 10.1 Å². The number of aromatic nitrogens is 5. The quantitative estimate of drug-likeness (QED) is 0.454. The van der Waals surface area contributed by atoms with Gasteiger partial charge in [-0.3, -0.25) is 14.2 Å². The van der Waals surface area contributed by atoms with Crippen LogP contribution in [0.5, 0.6) is 0 Å². The van der Waals surface area contributed by atoms with Gasteiger partial charge >= 0.3 is 5.76 Å². The number of rotatable bonds is 4. The molecule has 0 N–H and O–H groups in total. The molecule has 0 atom stereocenters. The van der Waals surface area contributed by atoms with Gasteiger partial charge < -0.3 is 8.98 Å². The highest BCUT2D eigenvalue weighted by Crippen LogP contribution is 2.43. The van der Waals surface area contributed by atoms with Gasteiger partial charge in [0.25, 0.3) is 11.1 Å². The topological polar surface area (TPSA) is 105 Å². The van der Waals surface area contributed by atoms with Crippen LogP contribution in [0.1, 0.15) is 50.1 Å². The van der Waals surface area contributed by atoms with Crippen LogP contribution in [-0.2, 0) is 13.6 Å². The largest absolute Gasteiger partial charge is 0.437 e. The highest BCUT2D eigenvalue weighted by atomic mass is 35.5. The smallest absolute Gasteiger partial charge is 0.390 e. The second-order valence-electron chi connectivity index (χ2n) is 7.72. The SMILES string of the molecule is CC.Cn1c(=O)ccc2ncn(Cc3nn(C4CC(c5ccc(Cl)cc5)C4)c(=O)o3)c(=O)c21. The molecule has 0 bridgehead atoms. The number of pyridine rings is 1. The van der Waals surface area contributed by atoms with E-state index in [9.17, 15) is 14.4 Å². The number of aryl methyl sites for hydroxylation is 1. The van der Waals surface area contributed by atoms with E-state index >= 15 is 0 Å². The van der Waals surface area contributed by atoms with E-state index in [1.165, 1.54) is 44.9 Å². The molecule has 9 nitrogen and oxygen atoms in total. The van der Waals surface area contributed by atoms with Gasteiger partial charge in [0.05, 0.1) is 17.9 Å². The standard InChI is InChI=1S/C21H18ClN5O4.C2H6/c1-25-18(28)7-6-16-19(25)20(29)26(11-23-16)10-17-24-27(21(30)31-17)15-8-13(9-15)12-2-4-14(22)5-3-12;1-2/h2-7,11,13,15H,8-10H2,1H3;1-2H3. The number of fused-ring (bicyclic) bond motifs is 1. The predicted octanol–water partition coefficient (Wildman–Crippen LogP) is 3.09. The van der Waals surface area contributed by atoms with Crippen molar-refractivity contribution in [2.75, 3.05) is 0 Å². The van der Waals surface area contributed by atoms with E-state index in [1.54, 1.807) is 0 Å². The molecule has 172 valence electrons. The Balaban J connectivity index is 0.00000126. The molecule has 1 aliphatic rings. The molecule has 0 saturated heterocycles. The molecule has 10 heteroatoms. The van der Waals surface area contributed by atoms with Crippen LogP contribution in [0.2, 0.25) is 5.02 Å². The molecule has 3 heterocycles. The minimum Gasteiger partial charge on any atom is -0.390 e. The third-order valence-electron chi connectivity index (χ3n) is 5.81. The molecule has 0 amide bonds. The Morgan fingerprint density at radius 3 is 2.45 bits per heavy atom. The molecule has 1 fully saturated rings. The minimum absolute atomic E-state index is 0.0551. The van der Waals surface area contributed by atoms with Crippen molar-refractivity contribution < 1.29 is 4.42 Å². The molecule has 1 saturated carbocycles. The van der Waals surface area contributed by atoms with Crippen molar-refractivity contribution in [1.29, 1.82) is 0 Å². The van der Waals surface area contributed by atoms with Gasteiger partial charge in [0.1, 0.15) is 12.1 Å². The lowest BCUT2D eigenvalue weighted by Gasteiger charge is -2.34. The first kappa shape index (κ1) is 22.7. The van der Waals surface area contributed by atoms with Crippen LogP contribution in [0.4, 0.5) is 0 Å². The van der Waals surface area contributed by atoms with E-state index in [1.807, 2.05) is 38.1 Å². The summed E-state index contributed by atoms with van der Waals surface area (Å²) in [6, 6.07) is 10.5. The van der Waals surface area contributed by atoms with Gasteiger partial charge in [0, 0.05) is 18.1 Å². The van der Waals surface area contributed by atoms with Gasteiger partial charge in [0.15, 0.2) is 0 Å². The van der Waals surface area contributed by atoms with Crippen LogP contribution in [0, 0.1) is 0 Å². The van der Waals surface area contributed by atoms with Gasteiger partial charge in [-0.25, -0.2) is 9.78 Å². The summed E-state index contributed by atoms with van der Waals surface area (Å²) in [4.78, 5) is 41.2. The Kier molecular flexibility index (Phi) is 6.33. The summed E-state index contributed by atoms with van der Waals surface area (Å²) in [5, 5.41) is 4.98. The Morgan fingerprint density at radius 1 is 1.06 bits per heavy atom. The number of halogens is 1.